The average molecular weight is 247 g/mol. The Morgan fingerprint density at radius 3 is 2.80 bits per heavy atom. The van der Waals surface area contributed by atoms with Crippen LogP contribution in [-0.2, 0) is 22.0 Å². The maximum absolute atomic E-state index is 11.0. The number of aryl methyl sites for hydroxylation is 2. The fraction of sp³-hybridized carbons (Fsp3) is 0.444. The number of hydrogen-bond donors (Lipinski definition) is 0. The second kappa shape index (κ2) is 4.69. The minimum Gasteiger partial charge on any atom is -0.333 e. The molecule has 0 aromatic carbocycles. The Morgan fingerprint density at radius 1 is 1.67 bits per heavy atom. The van der Waals surface area contributed by atoms with Gasteiger partial charge in [0.05, 0.1) is 0 Å². The van der Waals surface area contributed by atoms with Gasteiger partial charge in [-0.3, -0.25) is 0 Å². The quantitative estimate of drug-likeness (QED) is 0.596. The van der Waals surface area contributed by atoms with E-state index in [9.17, 15) is 8.42 Å². The van der Waals surface area contributed by atoms with E-state index in [1.807, 2.05) is 6.92 Å². The molecule has 0 saturated carbocycles. The number of halogens is 1. The Kier molecular flexibility index (Phi) is 3.77. The lowest BCUT2D eigenvalue weighted by Crippen LogP contribution is -2.00. The standard InChI is InChI=1S/C9H11ClN2O2S/c1-3-5-6-12-7-9(15(10,13)14)11-8(12)4-2/h1,7H,4-6H2,2H3. The van der Waals surface area contributed by atoms with Crippen LogP contribution in [0.15, 0.2) is 11.2 Å². The highest BCUT2D eigenvalue weighted by Gasteiger charge is 2.16. The van der Waals surface area contributed by atoms with Crippen molar-refractivity contribution in [1.82, 2.24) is 9.55 Å². The normalized spacial score (nSPS) is 11.3. The zero-order chi connectivity index (χ0) is 11.5. The second-order valence-electron chi connectivity index (χ2n) is 2.93. The smallest absolute Gasteiger partial charge is 0.280 e. The van der Waals surface area contributed by atoms with Crippen molar-refractivity contribution in [3.05, 3.63) is 12.0 Å². The molecule has 0 radical (unpaired) electrons. The van der Waals surface area contributed by atoms with E-state index in [1.165, 1.54) is 6.20 Å². The van der Waals surface area contributed by atoms with E-state index in [0.717, 1.165) is 0 Å². The summed E-state index contributed by atoms with van der Waals surface area (Å²) >= 11 is 0. The van der Waals surface area contributed by atoms with Crippen molar-refractivity contribution >= 4 is 19.7 Å². The van der Waals surface area contributed by atoms with Gasteiger partial charge in [-0.1, -0.05) is 6.92 Å². The topological polar surface area (TPSA) is 52.0 Å². The van der Waals surface area contributed by atoms with Gasteiger partial charge in [0, 0.05) is 36.3 Å². The third-order valence-electron chi connectivity index (χ3n) is 1.90. The van der Waals surface area contributed by atoms with Gasteiger partial charge in [0.2, 0.25) is 0 Å². The highest BCUT2D eigenvalue weighted by atomic mass is 35.7. The summed E-state index contributed by atoms with van der Waals surface area (Å²) in [5.41, 5.74) is 0. The van der Waals surface area contributed by atoms with Crippen LogP contribution in [0.5, 0.6) is 0 Å². The van der Waals surface area contributed by atoms with Crippen LogP contribution in [0.4, 0.5) is 0 Å². The zero-order valence-electron chi connectivity index (χ0n) is 8.27. The van der Waals surface area contributed by atoms with Gasteiger partial charge in [-0.2, -0.15) is 0 Å². The number of aromatic nitrogens is 2. The lowest BCUT2D eigenvalue weighted by Gasteiger charge is -2.01. The SMILES string of the molecule is C#CCCn1cc(S(=O)(=O)Cl)nc1CC. The molecule has 0 unspecified atom stereocenters. The summed E-state index contributed by atoms with van der Waals surface area (Å²) in [6.07, 6.45) is 7.72. The molecule has 0 spiro atoms. The Hall–Kier alpha value is -0.990. The Morgan fingerprint density at radius 2 is 2.33 bits per heavy atom. The van der Waals surface area contributed by atoms with Crippen molar-refractivity contribution in [3.8, 4) is 12.3 Å². The fourth-order valence-corrected chi connectivity index (χ4v) is 1.90. The van der Waals surface area contributed by atoms with Crippen molar-refractivity contribution in [2.24, 2.45) is 0 Å². The van der Waals surface area contributed by atoms with Crippen molar-refractivity contribution < 1.29 is 8.42 Å². The van der Waals surface area contributed by atoms with Crippen LogP contribution in [0.25, 0.3) is 0 Å². The first-order valence-electron chi connectivity index (χ1n) is 4.43. The van der Waals surface area contributed by atoms with E-state index in [4.69, 9.17) is 17.1 Å². The summed E-state index contributed by atoms with van der Waals surface area (Å²) in [5, 5.41) is -0.113. The van der Waals surface area contributed by atoms with Gasteiger partial charge in [-0.15, -0.1) is 12.3 Å². The van der Waals surface area contributed by atoms with Crippen LogP contribution >= 0.6 is 10.7 Å². The molecule has 0 fully saturated rings. The van der Waals surface area contributed by atoms with Gasteiger partial charge >= 0.3 is 0 Å². The van der Waals surface area contributed by atoms with Crippen LogP contribution in [0.1, 0.15) is 19.2 Å². The van der Waals surface area contributed by atoms with E-state index >= 15 is 0 Å². The summed E-state index contributed by atoms with van der Waals surface area (Å²) < 4.78 is 23.8. The average Bonchev–Trinajstić information content (AvgIpc) is 2.57. The van der Waals surface area contributed by atoms with Crippen molar-refractivity contribution in [2.45, 2.75) is 31.3 Å². The van der Waals surface area contributed by atoms with Gasteiger partial charge in [0.1, 0.15) is 5.82 Å². The van der Waals surface area contributed by atoms with E-state index < -0.39 is 9.05 Å². The van der Waals surface area contributed by atoms with Crippen LogP contribution in [0, 0.1) is 12.3 Å². The minimum absolute atomic E-state index is 0.113. The van der Waals surface area contributed by atoms with Gasteiger partial charge in [-0.25, -0.2) is 13.4 Å². The molecule has 0 amide bonds. The van der Waals surface area contributed by atoms with E-state index in [0.29, 0.717) is 25.2 Å². The van der Waals surface area contributed by atoms with Gasteiger partial charge < -0.3 is 4.57 Å². The summed E-state index contributed by atoms with van der Waals surface area (Å²) in [6.45, 7) is 2.44. The largest absolute Gasteiger partial charge is 0.333 e. The molecule has 1 aromatic heterocycles. The van der Waals surface area contributed by atoms with Crippen LogP contribution < -0.4 is 0 Å². The molecular weight excluding hydrogens is 236 g/mol. The highest BCUT2D eigenvalue weighted by molar-refractivity contribution is 8.13. The lowest BCUT2D eigenvalue weighted by atomic mass is 10.4. The molecule has 4 nitrogen and oxygen atoms in total. The minimum atomic E-state index is -3.75. The number of rotatable bonds is 4. The third-order valence-corrected chi connectivity index (χ3v) is 3.07. The monoisotopic (exact) mass is 246 g/mol. The predicted molar refractivity (Wildman–Crippen MR) is 58.1 cm³/mol. The molecule has 0 atom stereocenters. The number of terminal acetylenes is 1. The van der Waals surface area contributed by atoms with Crippen molar-refractivity contribution in [2.75, 3.05) is 0 Å². The van der Waals surface area contributed by atoms with Crippen LogP contribution in [0.2, 0.25) is 0 Å². The first kappa shape index (κ1) is 12.1. The zero-order valence-corrected chi connectivity index (χ0v) is 9.85. The molecule has 1 heterocycles. The Balaban J connectivity index is 3.07. The number of imidazole rings is 1. The first-order chi connectivity index (χ1) is 6.99. The maximum atomic E-state index is 11.0. The van der Waals surface area contributed by atoms with Crippen LogP contribution in [-0.4, -0.2) is 18.0 Å². The summed E-state index contributed by atoms with van der Waals surface area (Å²) in [6, 6.07) is 0. The summed E-state index contributed by atoms with van der Waals surface area (Å²) in [4.78, 5) is 3.93. The maximum Gasteiger partial charge on any atom is 0.280 e. The summed E-state index contributed by atoms with van der Waals surface area (Å²) in [7, 11) is 1.44. The molecule has 0 saturated heterocycles. The molecule has 1 rings (SSSR count). The van der Waals surface area contributed by atoms with Gasteiger partial charge in [-0.05, 0) is 0 Å². The predicted octanol–water partition coefficient (Wildman–Crippen LogP) is 1.40. The van der Waals surface area contributed by atoms with Crippen molar-refractivity contribution in [3.63, 3.8) is 0 Å². The third kappa shape index (κ3) is 2.98. The molecular formula is C9H11ClN2O2S. The number of hydrogen-bond acceptors (Lipinski definition) is 3. The highest BCUT2D eigenvalue weighted by Crippen LogP contribution is 2.15. The Bertz CT molecular complexity index is 485. The molecule has 0 aliphatic rings. The fourth-order valence-electron chi connectivity index (χ4n) is 1.21. The van der Waals surface area contributed by atoms with E-state index in [2.05, 4.69) is 10.9 Å². The lowest BCUT2D eigenvalue weighted by molar-refractivity contribution is 0.606. The summed E-state index contributed by atoms with van der Waals surface area (Å²) in [5.74, 6) is 3.16. The molecule has 6 heteroatoms. The molecule has 0 N–H and O–H groups in total. The molecule has 0 bridgehead atoms. The molecule has 0 aliphatic heterocycles. The van der Waals surface area contributed by atoms with Crippen LogP contribution in [0.3, 0.4) is 0 Å². The molecule has 15 heavy (non-hydrogen) atoms. The first-order valence-corrected chi connectivity index (χ1v) is 6.74. The second-order valence-corrected chi connectivity index (χ2v) is 5.45. The van der Waals surface area contributed by atoms with Crippen molar-refractivity contribution in [1.29, 1.82) is 0 Å². The van der Waals surface area contributed by atoms with Gasteiger partial charge in [0.15, 0.2) is 5.03 Å². The molecule has 0 aliphatic carbocycles. The van der Waals surface area contributed by atoms with E-state index in [1.54, 1.807) is 4.57 Å². The molecule has 1 aromatic rings. The number of nitrogens with zero attached hydrogens (tertiary/aromatic N) is 2. The van der Waals surface area contributed by atoms with Gasteiger partial charge in [0.25, 0.3) is 9.05 Å². The molecule has 82 valence electrons. The Labute approximate surface area is 93.7 Å². The van der Waals surface area contributed by atoms with E-state index in [-0.39, 0.29) is 5.03 Å².